The Morgan fingerprint density at radius 3 is 1.50 bits per heavy atom. The van der Waals surface area contributed by atoms with Gasteiger partial charge in [0.05, 0.1) is 5.57 Å². The third-order valence-corrected chi connectivity index (χ3v) is 5.69. The normalized spacial score (nSPS) is 9.82. The van der Waals surface area contributed by atoms with E-state index in [2.05, 4.69) is 42.6 Å². The lowest BCUT2D eigenvalue weighted by Gasteiger charge is -2.20. The van der Waals surface area contributed by atoms with Crippen molar-refractivity contribution >= 4 is 61.1 Å². The van der Waals surface area contributed by atoms with Gasteiger partial charge in [0.15, 0.2) is 23.1 Å². The second-order valence-electron chi connectivity index (χ2n) is 7.09. The van der Waals surface area contributed by atoms with Gasteiger partial charge in [0.25, 0.3) is 0 Å². The number of nitrogens with one attached hydrogen (secondary N) is 1. The van der Waals surface area contributed by atoms with Gasteiger partial charge in [-0.2, -0.15) is 4.91 Å². The average molecular weight is 596 g/mol. The van der Waals surface area contributed by atoms with Crippen LogP contribution in [0.4, 0.5) is 0 Å². The molecule has 0 saturated carbocycles. The van der Waals surface area contributed by atoms with Crippen LogP contribution in [-0.4, -0.2) is 28.7 Å². The maximum Gasteiger partial charge on any atom is 0.221 e. The fraction of sp³-hybridized carbons (Fsp3) is 0.250. The number of carbonyl (C=O) groups excluding carboxylic acids is 4. The number of benzene rings is 2. The second kappa shape index (κ2) is 15.0. The van der Waals surface area contributed by atoms with E-state index >= 15 is 0 Å². The molecule has 8 nitrogen and oxygen atoms in total. The fourth-order valence-corrected chi connectivity index (χ4v) is 3.26. The monoisotopic (exact) mass is 594 g/mol. The molecule has 0 aliphatic heterocycles. The maximum atomic E-state index is 11.5. The van der Waals surface area contributed by atoms with Crippen LogP contribution in [0.5, 0.6) is 0 Å². The zero-order valence-corrected chi connectivity index (χ0v) is 22.2. The number of carbonyl (C=O) groups is 4. The summed E-state index contributed by atoms with van der Waals surface area (Å²) in [5.74, 6) is -1.46. The summed E-state index contributed by atoms with van der Waals surface area (Å²) in [6, 6.07) is 14.5. The van der Waals surface area contributed by atoms with Crippen LogP contribution in [0.3, 0.4) is 0 Å². The van der Waals surface area contributed by atoms with Crippen molar-refractivity contribution in [3.63, 3.8) is 0 Å². The number of nitrogens with zero attached hydrogens (tertiary/aromatic N) is 1. The summed E-state index contributed by atoms with van der Waals surface area (Å²) in [4.78, 5) is 63.7. The van der Waals surface area contributed by atoms with Crippen LogP contribution < -0.4 is 0 Å². The van der Waals surface area contributed by atoms with Crippen LogP contribution in [-0.2, 0) is 25.6 Å². The predicted molar refractivity (Wildman–Crippen MR) is 137 cm³/mol. The Kier molecular flexibility index (Phi) is 13.7. The summed E-state index contributed by atoms with van der Waals surface area (Å²) in [6.45, 7) is 5.21. The minimum absolute atomic E-state index is 0.00838. The molecule has 0 aliphatic rings. The molecule has 34 heavy (non-hydrogen) atoms. The molecule has 1 N–H and O–H groups in total. The lowest BCUT2D eigenvalue weighted by atomic mass is 9.85. The van der Waals surface area contributed by atoms with Gasteiger partial charge in [-0.3, -0.25) is 19.2 Å². The first-order chi connectivity index (χ1) is 15.9. The fourth-order valence-electron chi connectivity index (χ4n) is 2.73. The van der Waals surface area contributed by atoms with Crippen LogP contribution >= 0.6 is 31.9 Å². The molecule has 0 heterocycles. The van der Waals surface area contributed by atoms with E-state index < -0.39 is 17.1 Å². The number of nitroso groups, excluding NO2 is 2. The van der Waals surface area contributed by atoms with Gasteiger partial charge in [0, 0.05) is 15.4 Å². The SMILES string of the molecule is CC(=O)C(=Cc1ccc(Br)cc1)C(C)=O.CC(=O)C(Cc1ccc(Br)cc1)(N=O)C(C)=O.N=O. The zero-order chi connectivity index (χ0) is 26.5. The largest absolute Gasteiger partial charge is 0.297 e. The van der Waals surface area contributed by atoms with E-state index in [1.165, 1.54) is 27.7 Å². The Morgan fingerprint density at radius 1 is 0.794 bits per heavy atom. The minimum atomic E-state index is -1.78. The molecule has 10 heteroatoms. The van der Waals surface area contributed by atoms with Crippen molar-refractivity contribution < 1.29 is 19.2 Å². The van der Waals surface area contributed by atoms with E-state index in [0.29, 0.717) is 0 Å². The molecule has 2 aromatic rings. The third kappa shape index (κ3) is 9.48. The van der Waals surface area contributed by atoms with Crippen molar-refractivity contribution in [2.24, 2.45) is 5.18 Å². The van der Waals surface area contributed by atoms with Gasteiger partial charge in [-0.1, -0.05) is 61.7 Å². The molecule has 180 valence electrons. The highest BCUT2D eigenvalue weighted by molar-refractivity contribution is 9.10. The first-order valence-corrected chi connectivity index (χ1v) is 11.3. The van der Waals surface area contributed by atoms with Gasteiger partial charge in [-0.05, 0) is 74.3 Å². The van der Waals surface area contributed by atoms with Crippen LogP contribution in [0.25, 0.3) is 6.08 Å². The Balaban J connectivity index is 0.000000601. The number of rotatable bonds is 8. The van der Waals surface area contributed by atoms with E-state index in [0.717, 1.165) is 20.1 Å². The average Bonchev–Trinajstić information content (AvgIpc) is 2.79. The zero-order valence-electron chi connectivity index (χ0n) is 19.1. The van der Waals surface area contributed by atoms with Gasteiger partial charge >= 0.3 is 0 Å². The first kappa shape index (κ1) is 31.0. The maximum absolute atomic E-state index is 11.5. The van der Waals surface area contributed by atoms with E-state index in [1.807, 2.05) is 24.3 Å². The van der Waals surface area contributed by atoms with Crippen LogP contribution in [0, 0.1) is 15.4 Å². The van der Waals surface area contributed by atoms with Crippen LogP contribution in [0.1, 0.15) is 38.8 Å². The molecule has 0 saturated heterocycles. The van der Waals surface area contributed by atoms with Crippen molar-refractivity contribution in [1.82, 2.24) is 0 Å². The summed E-state index contributed by atoms with van der Waals surface area (Å²) in [5, 5.41) is 2.78. The van der Waals surface area contributed by atoms with Crippen molar-refractivity contribution in [3.8, 4) is 0 Å². The number of hydrogen-bond acceptors (Lipinski definition) is 8. The molecule has 0 aromatic heterocycles. The molecule has 0 aliphatic carbocycles. The number of Topliss-reactive ketones (excluding diaryl/α,β-unsaturated/α-hetero) is 4. The van der Waals surface area contributed by atoms with E-state index in [1.54, 1.807) is 30.3 Å². The molecule has 0 spiro atoms. The summed E-state index contributed by atoms with van der Waals surface area (Å²) in [6.07, 6.45) is 1.62. The molecular weight excluding hydrogens is 572 g/mol. The Labute approximate surface area is 214 Å². The van der Waals surface area contributed by atoms with Gasteiger partial charge < -0.3 is 0 Å². The van der Waals surface area contributed by atoms with Gasteiger partial charge in [0.1, 0.15) is 0 Å². The van der Waals surface area contributed by atoms with E-state index in [4.69, 9.17) is 4.91 Å². The highest BCUT2D eigenvalue weighted by Crippen LogP contribution is 2.22. The molecular formula is C24H24Br2N2O6. The summed E-state index contributed by atoms with van der Waals surface area (Å²) in [7, 11) is 0. The van der Waals surface area contributed by atoms with Gasteiger partial charge in [-0.15, -0.1) is 4.91 Å². The number of halogens is 2. The summed E-state index contributed by atoms with van der Waals surface area (Å²) in [5.41, 5.74) is 4.52. The topological polar surface area (TPSA) is 139 Å². The standard InChI is InChI=1S/C12H12BrNO3.C12H11BrO2.HNO/c1-8(15)12(14-17,9(2)16)7-10-3-5-11(13)6-4-10;1-8(14)12(9(2)15)7-10-3-5-11(13)6-4-10;1-2/h3-6H,7H2,1-2H3;3-7H,1-2H3;1H. The van der Waals surface area contributed by atoms with E-state index in [9.17, 15) is 24.1 Å². The van der Waals surface area contributed by atoms with Crippen molar-refractivity contribution in [1.29, 1.82) is 5.59 Å². The van der Waals surface area contributed by atoms with Crippen LogP contribution in [0.15, 0.2) is 68.2 Å². The number of hydrogen-bond donors (Lipinski definition) is 1. The van der Waals surface area contributed by atoms with Gasteiger partial charge in [-0.25, -0.2) is 0 Å². The molecule has 2 aromatic carbocycles. The molecule has 2 rings (SSSR count). The highest BCUT2D eigenvalue weighted by atomic mass is 79.9. The summed E-state index contributed by atoms with van der Waals surface area (Å²) < 4.78 is 1.85. The Bertz CT molecular complexity index is 1030. The van der Waals surface area contributed by atoms with Gasteiger partial charge in [0.2, 0.25) is 5.54 Å². The molecule has 0 unspecified atom stereocenters. The van der Waals surface area contributed by atoms with E-state index in [-0.39, 0.29) is 23.6 Å². The van der Waals surface area contributed by atoms with Crippen molar-refractivity contribution in [3.05, 3.63) is 84.0 Å². The molecule has 0 fully saturated rings. The molecule has 0 radical (unpaired) electrons. The second-order valence-corrected chi connectivity index (χ2v) is 8.92. The smallest absolute Gasteiger partial charge is 0.221 e. The summed E-state index contributed by atoms with van der Waals surface area (Å²) >= 11 is 6.60. The van der Waals surface area contributed by atoms with Crippen molar-refractivity contribution in [2.75, 3.05) is 0 Å². The Morgan fingerprint density at radius 2 is 1.18 bits per heavy atom. The lowest BCUT2D eigenvalue weighted by molar-refractivity contribution is -0.132. The quantitative estimate of drug-likeness (QED) is 0.171. The first-order valence-electron chi connectivity index (χ1n) is 9.73. The number of ketones is 4. The predicted octanol–water partition coefficient (Wildman–Crippen LogP) is 6.02. The minimum Gasteiger partial charge on any atom is -0.297 e. The lowest BCUT2D eigenvalue weighted by Crippen LogP contribution is -2.44. The van der Waals surface area contributed by atoms with Crippen molar-refractivity contribution in [2.45, 2.75) is 39.7 Å². The Hall–Kier alpha value is -2.98. The molecule has 0 atom stereocenters. The van der Waals surface area contributed by atoms with Crippen LogP contribution in [0.2, 0.25) is 0 Å². The third-order valence-electron chi connectivity index (χ3n) is 4.63. The molecule has 0 bridgehead atoms. The molecule has 0 amide bonds. The highest BCUT2D eigenvalue weighted by Gasteiger charge is 2.42. The number of allylic oxidation sites excluding steroid dienone is 1.